The van der Waals surface area contributed by atoms with Crippen LogP contribution in [0.2, 0.25) is 0 Å². The highest BCUT2D eigenvalue weighted by atomic mass is 32.2. The molecule has 0 bridgehead atoms. The summed E-state index contributed by atoms with van der Waals surface area (Å²) in [6, 6.07) is 16.0. The van der Waals surface area contributed by atoms with Crippen molar-refractivity contribution in [3.63, 3.8) is 0 Å². The summed E-state index contributed by atoms with van der Waals surface area (Å²) in [6.07, 6.45) is 3.25. The number of aromatic nitrogens is 1. The molecule has 0 spiro atoms. The van der Waals surface area contributed by atoms with Crippen molar-refractivity contribution in [1.82, 2.24) is 14.2 Å². The molecule has 2 aromatic carbocycles. The molecule has 4 rings (SSSR count). The largest absolute Gasteiger partial charge is 0.336 e. The van der Waals surface area contributed by atoms with Gasteiger partial charge in [0.25, 0.3) is 5.91 Å². The van der Waals surface area contributed by atoms with E-state index in [0.29, 0.717) is 24.0 Å². The van der Waals surface area contributed by atoms with Crippen molar-refractivity contribution in [1.29, 1.82) is 0 Å². The highest BCUT2D eigenvalue weighted by Gasteiger charge is 2.31. The minimum absolute atomic E-state index is 0.0658. The highest BCUT2D eigenvalue weighted by Crippen LogP contribution is 2.26. The molecule has 1 amide bonds. The predicted molar refractivity (Wildman–Crippen MR) is 103 cm³/mol. The summed E-state index contributed by atoms with van der Waals surface area (Å²) in [4.78, 5) is 18.6. The van der Waals surface area contributed by atoms with Gasteiger partial charge in [-0.1, -0.05) is 30.3 Å². The van der Waals surface area contributed by atoms with Gasteiger partial charge in [-0.25, -0.2) is 8.42 Å². The molecule has 0 unspecified atom stereocenters. The van der Waals surface area contributed by atoms with Crippen LogP contribution >= 0.6 is 0 Å². The van der Waals surface area contributed by atoms with Gasteiger partial charge in [0.15, 0.2) is 0 Å². The van der Waals surface area contributed by atoms with E-state index in [1.165, 1.54) is 4.31 Å². The summed E-state index contributed by atoms with van der Waals surface area (Å²) in [5, 5.41) is 1.45. The maximum atomic E-state index is 13.1. The molecule has 138 valence electrons. The first-order valence-corrected chi connectivity index (χ1v) is 10.2. The standard InChI is InChI=1S/C20H19N3O3S/c24-20(16-5-2-1-3-6-16)22-11-13-23(14-12-22)27(25,26)19-8-4-7-17-15-21-10-9-18(17)19/h1-10,15H,11-14H2. The molecule has 1 aliphatic heterocycles. The monoisotopic (exact) mass is 381 g/mol. The molecule has 3 aromatic rings. The first kappa shape index (κ1) is 17.6. The Morgan fingerprint density at radius 1 is 0.889 bits per heavy atom. The van der Waals surface area contributed by atoms with Crippen molar-refractivity contribution in [2.75, 3.05) is 26.2 Å². The Morgan fingerprint density at radius 2 is 1.63 bits per heavy atom. The lowest BCUT2D eigenvalue weighted by Crippen LogP contribution is -2.50. The van der Waals surface area contributed by atoms with Gasteiger partial charge in [0.1, 0.15) is 0 Å². The number of hydrogen-bond acceptors (Lipinski definition) is 4. The number of carbonyl (C=O) groups is 1. The maximum Gasteiger partial charge on any atom is 0.253 e. The molecule has 7 heteroatoms. The molecule has 1 fully saturated rings. The highest BCUT2D eigenvalue weighted by molar-refractivity contribution is 7.89. The topological polar surface area (TPSA) is 70.6 Å². The Kier molecular flexibility index (Phi) is 4.63. The summed E-state index contributed by atoms with van der Waals surface area (Å²) < 4.78 is 27.8. The van der Waals surface area contributed by atoms with Crippen molar-refractivity contribution in [2.45, 2.75) is 4.90 Å². The molecule has 0 radical (unpaired) electrons. The van der Waals surface area contributed by atoms with E-state index >= 15 is 0 Å². The molecular weight excluding hydrogens is 362 g/mol. The summed E-state index contributed by atoms with van der Waals surface area (Å²) >= 11 is 0. The molecular formula is C20H19N3O3S. The molecule has 0 N–H and O–H groups in total. The number of pyridine rings is 1. The van der Waals surface area contributed by atoms with Gasteiger partial charge in [0.05, 0.1) is 4.90 Å². The number of piperazine rings is 1. The number of carbonyl (C=O) groups excluding carboxylic acids is 1. The number of amides is 1. The van der Waals surface area contributed by atoms with Crippen LogP contribution in [0.15, 0.2) is 71.9 Å². The van der Waals surface area contributed by atoms with E-state index < -0.39 is 10.0 Å². The van der Waals surface area contributed by atoms with Crippen LogP contribution in [0, 0.1) is 0 Å². The molecule has 1 saturated heterocycles. The van der Waals surface area contributed by atoms with Gasteiger partial charge >= 0.3 is 0 Å². The first-order chi connectivity index (χ1) is 13.1. The van der Waals surface area contributed by atoms with Crippen molar-refractivity contribution in [3.8, 4) is 0 Å². The van der Waals surface area contributed by atoms with Crippen molar-refractivity contribution in [2.24, 2.45) is 0 Å². The van der Waals surface area contributed by atoms with Gasteiger partial charge in [-0.05, 0) is 24.3 Å². The molecule has 0 atom stereocenters. The summed E-state index contributed by atoms with van der Waals surface area (Å²) in [5.41, 5.74) is 0.621. The maximum absolute atomic E-state index is 13.1. The number of sulfonamides is 1. The summed E-state index contributed by atoms with van der Waals surface area (Å²) in [7, 11) is -3.63. The Balaban J connectivity index is 1.54. The third-order valence-electron chi connectivity index (χ3n) is 4.81. The van der Waals surface area contributed by atoms with Crippen molar-refractivity contribution < 1.29 is 13.2 Å². The lowest BCUT2D eigenvalue weighted by atomic mass is 10.2. The summed E-state index contributed by atoms with van der Waals surface area (Å²) in [6.45, 7) is 1.31. The molecule has 1 aromatic heterocycles. The smallest absolute Gasteiger partial charge is 0.253 e. The van der Waals surface area contributed by atoms with Gasteiger partial charge in [-0.2, -0.15) is 4.31 Å². The number of nitrogens with zero attached hydrogens (tertiary/aromatic N) is 3. The van der Waals surface area contributed by atoms with Gasteiger partial charge in [0, 0.05) is 54.9 Å². The SMILES string of the molecule is O=C(c1ccccc1)N1CCN(S(=O)(=O)c2cccc3cnccc23)CC1. The average Bonchev–Trinajstić information content (AvgIpc) is 2.73. The Bertz CT molecular complexity index is 1070. The van der Waals surface area contributed by atoms with Crippen LogP contribution < -0.4 is 0 Å². The number of hydrogen-bond donors (Lipinski definition) is 0. The van der Waals surface area contributed by atoms with E-state index in [0.717, 1.165) is 5.39 Å². The van der Waals surface area contributed by atoms with Crippen LogP contribution in [-0.4, -0.2) is 54.7 Å². The second kappa shape index (κ2) is 7.09. The minimum Gasteiger partial charge on any atom is -0.336 e. The van der Waals surface area contributed by atoms with Crippen molar-refractivity contribution in [3.05, 3.63) is 72.6 Å². The third-order valence-corrected chi connectivity index (χ3v) is 6.76. The van der Waals surface area contributed by atoms with Crippen LogP contribution in [0.1, 0.15) is 10.4 Å². The van der Waals surface area contributed by atoms with E-state index in [1.807, 2.05) is 24.3 Å². The third kappa shape index (κ3) is 3.31. The van der Waals surface area contributed by atoms with E-state index in [2.05, 4.69) is 4.98 Å². The average molecular weight is 381 g/mol. The zero-order chi connectivity index (χ0) is 18.9. The zero-order valence-electron chi connectivity index (χ0n) is 14.7. The normalized spacial score (nSPS) is 15.8. The summed E-state index contributed by atoms with van der Waals surface area (Å²) in [5.74, 6) is -0.0658. The zero-order valence-corrected chi connectivity index (χ0v) is 15.5. The first-order valence-electron chi connectivity index (χ1n) is 8.74. The van der Waals surface area contributed by atoms with Gasteiger partial charge in [-0.3, -0.25) is 9.78 Å². The molecule has 0 saturated carbocycles. The lowest BCUT2D eigenvalue weighted by molar-refractivity contribution is 0.0698. The fourth-order valence-electron chi connectivity index (χ4n) is 3.35. The van der Waals surface area contributed by atoms with E-state index in [1.54, 1.807) is 47.6 Å². The Hall–Kier alpha value is -2.77. The minimum atomic E-state index is -3.63. The predicted octanol–water partition coefficient (Wildman–Crippen LogP) is 2.38. The van der Waals surface area contributed by atoms with Gasteiger partial charge in [0.2, 0.25) is 10.0 Å². The van der Waals surface area contributed by atoms with E-state index in [-0.39, 0.29) is 23.9 Å². The van der Waals surface area contributed by atoms with Crippen LogP contribution in [-0.2, 0) is 10.0 Å². The van der Waals surface area contributed by atoms with Crippen LogP contribution in [0.5, 0.6) is 0 Å². The molecule has 27 heavy (non-hydrogen) atoms. The molecule has 1 aliphatic rings. The molecule has 0 aliphatic carbocycles. The van der Waals surface area contributed by atoms with Crippen LogP contribution in [0.25, 0.3) is 10.8 Å². The number of rotatable bonds is 3. The van der Waals surface area contributed by atoms with Crippen molar-refractivity contribution >= 4 is 26.7 Å². The number of fused-ring (bicyclic) bond motifs is 1. The van der Waals surface area contributed by atoms with Gasteiger partial charge < -0.3 is 4.90 Å². The Morgan fingerprint density at radius 3 is 2.37 bits per heavy atom. The Labute approximate surface area is 158 Å². The quantitative estimate of drug-likeness (QED) is 0.698. The van der Waals surface area contributed by atoms with Crippen LogP contribution in [0.3, 0.4) is 0 Å². The second-order valence-electron chi connectivity index (χ2n) is 6.42. The lowest BCUT2D eigenvalue weighted by Gasteiger charge is -2.34. The van der Waals surface area contributed by atoms with E-state index in [4.69, 9.17) is 0 Å². The van der Waals surface area contributed by atoms with Crippen LogP contribution in [0.4, 0.5) is 0 Å². The van der Waals surface area contributed by atoms with E-state index in [9.17, 15) is 13.2 Å². The molecule has 2 heterocycles. The molecule has 6 nitrogen and oxygen atoms in total. The second-order valence-corrected chi connectivity index (χ2v) is 8.32. The number of benzene rings is 2. The fraction of sp³-hybridized carbons (Fsp3) is 0.200. The fourth-order valence-corrected chi connectivity index (χ4v) is 4.99. The van der Waals surface area contributed by atoms with Gasteiger partial charge in [-0.15, -0.1) is 0 Å².